The molecule has 3 aromatic rings. The molecule has 2 aromatic carbocycles. The normalized spacial score (nSPS) is 11.1. The van der Waals surface area contributed by atoms with Crippen LogP contribution in [0.3, 0.4) is 0 Å². The molecule has 43 heavy (non-hydrogen) atoms. The van der Waals surface area contributed by atoms with Gasteiger partial charge in [0.25, 0.3) is 0 Å². The first-order valence-electron chi connectivity index (χ1n) is 17.3. The summed E-state index contributed by atoms with van der Waals surface area (Å²) in [6.07, 6.45) is 25.2. The van der Waals surface area contributed by atoms with E-state index in [0.29, 0.717) is 11.3 Å². The number of unbranched alkanes of at least 4 members (excludes halogenated alkanes) is 16. The van der Waals surface area contributed by atoms with Crippen molar-refractivity contribution in [2.24, 2.45) is 0 Å². The van der Waals surface area contributed by atoms with Gasteiger partial charge in [-0.15, -0.1) is 11.3 Å². The maximum Gasteiger partial charge on any atom is 0.343 e. The highest BCUT2D eigenvalue weighted by Crippen LogP contribution is 2.30. The molecule has 0 N–H and O–H groups in total. The van der Waals surface area contributed by atoms with E-state index in [4.69, 9.17) is 9.47 Å². The minimum absolute atomic E-state index is 0.341. The summed E-state index contributed by atoms with van der Waals surface area (Å²) in [5, 5.41) is 0. The monoisotopic (exact) mass is 604 g/mol. The van der Waals surface area contributed by atoms with Gasteiger partial charge in [0.1, 0.15) is 11.5 Å². The quantitative estimate of drug-likeness (QED) is 0.0579. The molecular weight excluding hydrogens is 548 g/mol. The fourth-order valence-corrected chi connectivity index (χ4v) is 6.48. The topological polar surface area (TPSA) is 35.5 Å². The molecule has 0 saturated heterocycles. The van der Waals surface area contributed by atoms with Gasteiger partial charge < -0.3 is 9.47 Å². The lowest BCUT2D eigenvalue weighted by Crippen LogP contribution is -2.08. The maximum atomic E-state index is 12.7. The number of carbonyl (C=O) groups excluding carboxylic acids is 1. The van der Waals surface area contributed by atoms with Crippen LogP contribution in [0, 0.1) is 0 Å². The third-order valence-electron chi connectivity index (χ3n) is 8.14. The molecule has 0 atom stereocenters. The number of ether oxygens (including phenoxy) is 2. The second-order valence-corrected chi connectivity index (χ2v) is 13.1. The molecule has 0 spiro atoms. The van der Waals surface area contributed by atoms with Gasteiger partial charge in [0.05, 0.1) is 12.2 Å². The molecule has 3 rings (SSSR count). The molecular formula is C39H56O3S. The molecule has 0 aliphatic carbocycles. The van der Waals surface area contributed by atoms with E-state index >= 15 is 0 Å². The number of esters is 1. The fourth-order valence-electron chi connectivity index (χ4n) is 5.42. The van der Waals surface area contributed by atoms with E-state index in [0.717, 1.165) is 30.8 Å². The first-order chi connectivity index (χ1) is 21.2. The zero-order valence-electron chi connectivity index (χ0n) is 27.0. The summed E-state index contributed by atoms with van der Waals surface area (Å²) in [4.78, 5) is 15.4. The van der Waals surface area contributed by atoms with Gasteiger partial charge in [-0.3, -0.25) is 0 Å². The third-order valence-corrected chi connectivity index (χ3v) is 9.34. The van der Waals surface area contributed by atoms with Gasteiger partial charge in [0.2, 0.25) is 0 Å². The van der Waals surface area contributed by atoms with Crippen molar-refractivity contribution >= 4 is 17.3 Å². The van der Waals surface area contributed by atoms with Crippen molar-refractivity contribution in [3.05, 3.63) is 71.1 Å². The molecule has 1 aromatic heterocycles. The van der Waals surface area contributed by atoms with Crippen molar-refractivity contribution in [1.82, 2.24) is 0 Å². The van der Waals surface area contributed by atoms with Crippen LogP contribution in [-0.4, -0.2) is 12.6 Å². The standard InChI is InChI=1S/C39H56O3S/c1-3-5-7-9-11-12-13-14-15-16-18-20-32-41-35-26-28-36(29-27-35)42-39(40)34-24-22-33(23-25-34)38-31-30-37(43-38)21-19-17-10-8-6-4-2/h22-31H,3-21,32H2,1-2H3. The van der Waals surface area contributed by atoms with Gasteiger partial charge >= 0.3 is 5.97 Å². The average molecular weight is 605 g/mol. The van der Waals surface area contributed by atoms with Gasteiger partial charge in [0, 0.05) is 9.75 Å². The molecule has 0 amide bonds. The number of aryl methyl sites for hydroxylation is 1. The van der Waals surface area contributed by atoms with Gasteiger partial charge in [-0.25, -0.2) is 4.79 Å². The largest absolute Gasteiger partial charge is 0.494 e. The summed E-state index contributed by atoms with van der Waals surface area (Å²) < 4.78 is 11.5. The van der Waals surface area contributed by atoms with Crippen molar-refractivity contribution < 1.29 is 14.3 Å². The first-order valence-corrected chi connectivity index (χ1v) is 18.2. The summed E-state index contributed by atoms with van der Waals surface area (Å²) in [5.74, 6) is 1.01. The second-order valence-electron chi connectivity index (χ2n) is 12.0. The second kappa shape index (κ2) is 22.0. The number of carbonyl (C=O) groups is 1. The van der Waals surface area contributed by atoms with Crippen LogP contribution in [-0.2, 0) is 6.42 Å². The summed E-state index contributed by atoms with van der Waals surface area (Å²) in [6.45, 7) is 5.27. The molecule has 1 heterocycles. The summed E-state index contributed by atoms with van der Waals surface area (Å²) in [6, 6.07) is 19.6. The van der Waals surface area contributed by atoms with Crippen LogP contribution in [0.15, 0.2) is 60.7 Å². The van der Waals surface area contributed by atoms with Crippen LogP contribution in [0.5, 0.6) is 11.5 Å². The van der Waals surface area contributed by atoms with E-state index in [2.05, 4.69) is 26.0 Å². The Balaban J connectivity index is 1.28. The number of thiophene rings is 1. The van der Waals surface area contributed by atoms with Crippen molar-refractivity contribution in [1.29, 1.82) is 0 Å². The molecule has 0 fully saturated rings. The minimum atomic E-state index is -0.341. The molecule has 0 saturated carbocycles. The lowest BCUT2D eigenvalue weighted by atomic mass is 10.1. The SMILES string of the molecule is CCCCCCCCCCCCCCOc1ccc(OC(=O)c2ccc(-c3ccc(CCCCCCCC)s3)cc2)cc1. The summed E-state index contributed by atoms with van der Waals surface area (Å²) >= 11 is 1.86. The lowest BCUT2D eigenvalue weighted by Gasteiger charge is -2.08. The third kappa shape index (κ3) is 14.6. The fraction of sp³-hybridized carbons (Fsp3) is 0.564. The van der Waals surface area contributed by atoms with Crippen LogP contribution >= 0.6 is 11.3 Å². The Labute approximate surface area is 266 Å². The molecule has 3 nitrogen and oxygen atoms in total. The van der Waals surface area contributed by atoms with Gasteiger partial charge in [-0.1, -0.05) is 129 Å². The molecule has 0 bridgehead atoms. The van der Waals surface area contributed by atoms with E-state index < -0.39 is 0 Å². The van der Waals surface area contributed by atoms with Crippen LogP contribution in [0.1, 0.15) is 145 Å². The highest BCUT2D eigenvalue weighted by atomic mass is 32.1. The Morgan fingerprint density at radius 2 is 1.07 bits per heavy atom. The van der Waals surface area contributed by atoms with E-state index in [1.165, 1.54) is 119 Å². The maximum absolute atomic E-state index is 12.7. The van der Waals surface area contributed by atoms with Gasteiger partial charge in [-0.2, -0.15) is 0 Å². The molecule has 0 aliphatic rings. The summed E-state index contributed by atoms with van der Waals surface area (Å²) in [7, 11) is 0. The Morgan fingerprint density at radius 3 is 1.65 bits per heavy atom. The van der Waals surface area contributed by atoms with Gasteiger partial charge in [-0.05, 0) is 73.4 Å². The highest BCUT2D eigenvalue weighted by molar-refractivity contribution is 7.15. The first kappa shape index (κ1) is 34.9. The molecule has 0 aliphatic heterocycles. The van der Waals surface area contributed by atoms with E-state index in [9.17, 15) is 4.79 Å². The predicted octanol–water partition coefficient (Wildman–Crippen LogP) is 12.6. The van der Waals surface area contributed by atoms with Gasteiger partial charge in [0.15, 0.2) is 0 Å². The molecule has 0 radical (unpaired) electrons. The highest BCUT2D eigenvalue weighted by Gasteiger charge is 2.10. The Kier molecular flexibility index (Phi) is 17.9. The van der Waals surface area contributed by atoms with Crippen LogP contribution in [0.25, 0.3) is 10.4 Å². The number of benzene rings is 2. The van der Waals surface area contributed by atoms with E-state index in [-0.39, 0.29) is 5.97 Å². The number of hydrogen-bond acceptors (Lipinski definition) is 4. The van der Waals surface area contributed by atoms with Crippen molar-refractivity contribution in [2.75, 3.05) is 6.61 Å². The zero-order valence-corrected chi connectivity index (χ0v) is 27.9. The minimum Gasteiger partial charge on any atom is -0.494 e. The van der Waals surface area contributed by atoms with Crippen LogP contribution < -0.4 is 9.47 Å². The Morgan fingerprint density at radius 1 is 0.558 bits per heavy atom. The predicted molar refractivity (Wildman–Crippen MR) is 185 cm³/mol. The smallest absolute Gasteiger partial charge is 0.343 e. The Bertz CT molecular complexity index is 1120. The van der Waals surface area contributed by atoms with Crippen LogP contribution in [0.2, 0.25) is 0 Å². The van der Waals surface area contributed by atoms with Crippen molar-refractivity contribution in [3.63, 3.8) is 0 Å². The van der Waals surface area contributed by atoms with E-state index in [1.807, 2.05) is 47.7 Å². The van der Waals surface area contributed by atoms with Crippen molar-refractivity contribution in [3.8, 4) is 21.9 Å². The lowest BCUT2D eigenvalue weighted by molar-refractivity contribution is 0.0734. The number of hydrogen-bond donors (Lipinski definition) is 0. The molecule has 4 heteroatoms. The Hall–Kier alpha value is -2.59. The zero-order chi connectivity index (χ0) is 30.4. The average Bonchev–Trinajstić information content (AvgIpc) is 3.51. The molecule has 236 valence electrons. The summed E-state index contributed by atoms with van der Waals surface area (Å²) in [5.41, 5.74) is 1.70. The van der Waals surface area contributed by atoms with Crippen LogP contribution in [0.4, 0.5) is 0 Å². The molecule has 0 unspecified atom stereocenters. The van der Waals surface area contributed by atoms with E-state index in [1.54, 1.807) is 12.1 Å². The van der Waals surface area contributed by atoms with Crippen molar-refractivity contribution in [2.45, 2.75) is 136 Å². The number of rotatable bonds is 24.